The van der Waals surface area contributed by atoms with Crippen LogP contribution < -0.4 is 10.6 Å². The predicted molar refractivity (Wildman–Crippen MR) is 82.3 cm³/mol. The Morgan fingerprint density at radius 1 is 1.17 bits per heavy atom. The predicted octanol–water partition coefficient (Wildman–Crippen LogP) is 3.13. The van der Waals surface area contributed by atoms with Crippen LogP contribution in [0.15, 0.2) is 48.8 Å². The molecule has 5 nitrogen and oxygen atoms in total. The number of aliphatic hydroxyl groups is 1. The molecular formula is C16H16F3N3O2. The molecule has 2 rings (SSSR count). The zero-order valence-corrected chi connectivity index (χ0v) is 12.8. The fourth-order valence-electron chi connectivity index (χ4n) is 2.09. The van der Waals surface area contributed by atoms with E-state index in [2.05, 4.69) is 15.6 Å². The molecule has 0 spiro atoms. The molecule has 1 atom stereocenters. The molecule has 3 N–H and O–H groups in total. The Balaban J connectivity index is 2.20. The van der Waals surface area contributed by atoms with Crippen LogP contribution in [-0.2, 0) is 11.7 Å². The van der Waals surface area contributed by atoms with Crippen molar-refractivity contribution < 1.29 is 23.1 Å². The average Bonchev–Trinajstić information content (AvgIpc) is 2.55. The molecule has 1 unspecified atom stereocenters. The molecule has 1 aromatic carbocycles. The summed E-state index contributed by atoms with van der Waals surface area (Å²) in [6.07, 6.45) is -1.55. The van der Waals surface area contributed by atoms with E-state index < -0.39 is 29.9 Å². The van der Waals surface area contributed by atoms with Gasteiger partial charge in [-0.15, -0.1) is 0 Å². The third-order valence-electron chi connectivity index (χ3n) is 3.47. The summed E-state index contributed by atoms with van der Waals surface area (Å²) in [7, 11) is 0. The second-order valence-electron chi connectivity index (χ2n) is 5.38. The van der Waals surface area contributed by atoms with Crippen LogP contribution in [-0.4, -0.2) is 22.7 Å². The smallest absolute Gasteiger partial charge is 0.394 e. The highest BCUT2D eigenvalue weighted by Crippen LogP contribution is 2.32. The van der Waals surface area contributed by atoms with Crippen LogP contribution >= 0.6 is 0 Å². The number of aliphatic hydroxyl groups excluding tert-OH is 1. The first-order valence-electron chi connectivity index (χ1n) is 7.02. The van der Waals surface area contributed by atoms with Crippen molar-refractivity contribution in [3.05, 3.63) is 59.9 Å². The van der Waals surface area contributed by atoms with Crippen molar-refractivity contribution in [1.29, 1.82) is 0 Å². The zero-order valence-electron chi connectivity index (χ0n) is 12.8. The van der Waals surface area contributed by atoms with E-state index in [1.807, 2.05) is 0 Å². The van der Waals surface area contributed by atoms with E-state index in [1.54, 1.807) is 12.1 Å². The number of rotatable bonds is 4. The minimum Gasteiger partial charge on any atom is -0.394 e. The van der Waals surface area contributed by atoms with Gasteiger partial charge in [-0.2, -0.15) is 13.2 Å². The molecule has 8 heteroatoms. The van der Waals surface area contributed by atoms with Crippen molar-refractivity contribution in [3.8, 4) is 0 Å². The normalized spacial score (nSPS) is 13.9. The largest absolute Gasteiger partial charge is 0.416 e. The molecule has 1 heterocycles. The molecule has 2 amide bonds. The highest BCUT2D eigenvalue weighted by molar-refractivity contribution is 5.89. The van der Waals surface area contributed by atoms with Crippen molar-refractivity contribution in [2.45, 2.75) is 18.6 Å². The average molecular weight is 339 g/mol. The van der Waals surface area contributed by atoms with Gasteiger partial charge in [0, 0.05) is 18.1 Å². The lowest BCUT2D eigenvalue weighted by Gasteiger charge is -2.30. The summed E-state index contributed by atoms with van der Waals surface area (Å²) in [5.74, 6) is 0. The summed E-state index contributed by atoms with van der Waals surface area (Å²) in [6, 6.07) is 6.93. The minimum absolute atomic E-state index is 0.143. The van der Waals surface area contributed by atoms with Gasteiger partial charge in [-0.3, -0.25) is 4.98 Å². The number of pyridine rings is 1. The first-order chi connectivity index (χ1) is 11.2. The number of carbonyl (C=O) groups is 1. The van der Waals surface area contributed by atoms with Gasteiger partial charge >= 0.3 is 12.2 Å². The Kier molecular flexibility index (Phi) is 5.08. The number of benzene rings is 1. The monoisotopic (exact) mass is 339 g/mol. The number of amides is 2. The molecule has 1 aromatic heterocycles. The molecule has 0 fully saturated rings. The van der Waals surface area contributed by atoms with E-state index >= 15 is 0 Å². The number of alkyl halides is 3. The summed E-state index contributed by atoms with van der Waals surface area (Å²) in [5.41, 5.74) is -1.62. The highest BCUT2D eigenvalue weighted by Gasteiger charge is 2.34. The van der Waals surface area contributed by atoms with Crippen molar-refractivity contribution in [2.75, 3.05) is 11.9 Å². The summed E-state index contributed by atoms with van der Waals surface area (Å²) in [5, 5.41) is 14.6. The quantitative estimate of drug-likeness (QED) is 0.801. The Hall–Kier alpha value is -2.61. The highest BCUT2D eigenvalue weighted by atomic mass is 19.4. The Morgan fingerprint density at radius 2 is 1.79 bits per heavy atom. The lowest BCUT2D eigenvalue weighted by atomic mass is 9.91. The number of nitrogens with one attached hydrogen (secondary N) is 2. The molecule has 0 saturated heterocycles. The first-order valence-corrected chi connectivity index (χ1v) is 7.02. The summed E-state index contributed by atoms with van der Waals surface area (Å²) >= 11 is 0. The van der Waals surface area contributed by atoms with Gasteiger partial charge < -0.3 is 15.7 Å². The van der Waals surface area contributed by atoms with Gasteiger partial charge in [0.2, 0.25) is 0 Å². The fourth-order valence-corrected chi connectivity index (χ4v) is 2.09. The van der Waals surface area contributed by atoms with E-state index in [0.717, 1.165) is 12.1 Å². The lowest BCUT2D eigenvalue weighted by molar-refractivity contribution is -0.137. The van der Waals surface area contributed by atoms with Gasteiger partial charge in [-0.1, -0.05) is 12.1 Å². The van der Waals surface area contributed by atoms with Crippen LogP contribution in [0.1, 0.15) is 18.1 Å². The van der Waals surface area contributed by atoms with E-state index in [0.29, 0.717) is 5.69 Å². The second-order valence-corrected chi connectivity index (χ2v) is 5.38. The molecule has 0 saturated carbocycles. The van der Waals surface area contributed by atoms with Crippen LogP contribution in [0.25, 0.3) is 0 Å². The van der Waals surface area contributed by atoms with Crippen molar-refractivity contribution in [2.24, 2.45) is 0 Å². The molecular weight excluding hydrogens is 323 g/mol. The van der Waals surface area contributed by atoms with Crippen LogP contribution in [0.3, 0.4) is 0 Å². The maximum absolute atomic E-state index is 12.8. The van der Waals surface area contributed by atoms with Crippen LogP contribution in [0, 0.1) is 0 Å². The molecule has 0 aliphatic rings. The van der Waals surface area contributed by atoms with E-state index in [-0.39, 0.29) is 5.56 Å². The molecule has 2 aromatic rings. The van der Waals surface area contributed by atoms with Crippen LogP contribution in [0.5, 0.6) is 0 Å². The van der Waals surface area contributed by atoms with Gasteiger partial charge in [-0.25, -0.2) is 4.79 Å². The molecule has 0 radical (unpaired) electrons. The second kappa shape index (κ2) is 6.88. The number of anilines is 1. The number of halogens is 3. The lowest BCUT2D eigenvalue weighted by Crippen LogP contribution is -2.48. The Morgan fingerprint density at radius 3 is 2.38 bits per heavy atom. The summed E-state index contributed by atoms with van der Waals surface area (Å²) in [6.45, 7) is 0.868. The molecule has 0 bridgehead atoms. The van der Waals surface area contributed by atoms with Gasteiger partial charge in [-0.05, 0) is 36.8 Å². The van der Waals surface area contributed by atoms with E-state index in [4.69, 9.17) is 0 Å². The number of hydrogen-bond acceptors (Lipinski definition) is 3. The number of urea groups is 1. The van der Waals surface area contributed by atoms with Crippen LogP contribution in [0.4, 0.5) is 23.7 Å². The summed E-state index contributed by atoms with van der Waals surface area (Å²) in [4.78, 5) is 15.9. The molecule has 0 aliphatic carbocycles. The van der Waals surface area contributed by atoms with Crippen molar-refractivity contribution in [3.63, 3.8) is 0 Å². The molecule has 0 aliphatic heterocycles. The van der Waals surface area contributed by atoms with E-state index in [9.17, 15) is 23.1 Å². The number of carbonyl (C=O) groups excluding carboxylic acids is 1. The third-order valence-corrected chi connectivity index (χ3v) is 3.47. The minimum atomic E-state index is -4.51. The molecule has 24 heavy (non-hydrogen) atoms. The maximum Gasteiger partial charge on any atom is 0.416 e. The number of hydrogen-bond donors (Lipinski definition) is 3. The SMILES string of the molecule is CC(CO)(NC(=O)Nc1ccncc1)c1cccc(C(F)(F)F)c1. The van der Waals surface area contributed by atoms with Gasteiger partial charge in [0.15, 0.2) is 0 Å². The standard InChI is InChI=1S/C16H16F3N3O2/c1-15(10-23,11-3-2-4-12(9-11)16(17,18)19)22-14(24)21-13-5-7-20-8-6-13/h2-9,23H,10H2,1H3,(H2,20,21,22,24). The first kappa shape index (κ1) is 17.7. The van der Waals surface area contributed by atoms with E-state index in [1.165, 1.54) is 31.5 Å². The van der Waals surface area contributed by atoms with Crippen molar-refractivity contribution >= 4 is 11.7 Å². The fraction of sp³-hybridized carbons (Fsp3) is 0.250. The third kappa shape index (κ3) is 4.23. The van der Waals surface area contributed by atoms with Gasteiger partial charge in [0.05, 0.1) is 17.7 Å². The topological polar surface area (TPSA) is 74.2 Å². The van der Waals surface area contributed by atoms with Gasteiger partial charge in [0.1, 0.15) is 0 Å². The van der Waals surface area contributed by atoms with Gasteiger partial charge in [0.25, 0.3) is 0 Å². The van der Waals surface area contributed by atoms with Crippen molar-refractivity contribution in [1.82, 2.24) is 10.3 Å². The maximum atomic E-state index is 12.8. The molecule has 128 valence electrons. The van der Waals surface area contributed by atoms with Crippen LogP contribution in [0.2, 0.25) is 0 Å². The summed E-state index contributed by atoms with van der Waals surface area (Å²) < 4.78 is 38.5. The zero-order chi connectivity index (χ0) is 17.8. The Bertz CT molecular complexity index is 707. The Labute approximate surface area is 136 Å². The number of aromatic nitrogens is 1. The number of nitrogens with zero attached hydrogens (tertiary/aromatic N) is 1.